The van der Waals surface area contributed by atoms with Gasteiger partial charge in [-0.2, -0.15) is 0 Å². The van der Waals surface area contributed by atoms with Crippen LogP contribution in [0.3, 0.4) is 0 Å². The zero-order valence-corrected chi connectivity index (χ0v) is 16.9. The summed E-state index contributed by atoms with van der Waals surface area (Å²) in [5, 5.41) is 2.61. The maximum atomic E-state index is 13.6. The van der Waals surface area contributed by atoms with Crippen molar-refractivity contribution < 1.29 is 17.6 Å². The lowest BCUT2D eigenvalue weighted by Crippen LogP contribution is -2.30. The van der Waals surface area contributed by atoms with Crippen molar-refractivity contribution >= 4 is 27.3 Å². The van der Waals surface area contributed by atoms with Crippen LogP contribution in [0.2, 0.25) is 0 Å². The smallest absolute Gasteiger partial charge is 0.264 e. The zero-order valence-electron chi connectivity index (χ0n) is 16.1. The second kappa shape index (κ2) is 8.45. The molecule has 29 heavy (non-hydrogen) atoms. The van der Waals surface area contributed by atoms with Crippen molar-refractivity contribution in [2.75, 3.05) is 16.2 Å². The molecule has 0 unspecified atom stereocenters. The highest BCUT2D eigenvalue weighted by Crippen LogP contribution is 2.23. The molecule has 0 spiro atoms. The number of rotatable bonds is 6. The molecule has 0 aliphatic heterocycles. The Morgan fingerprint density at radius 3 is 2.24 bits per heavy atom. The van der Waals surface area contributed by atoms with Crippen LogP contribution >= 0.6 is 0 Å². The molecule has 0 bridgehead atoms. The molecule has 7 heteroatoms. The topological polar surface area (TPSA) is 66.5 Å². The fourth-order valence-electron chi connectivity index (χ4n) is 2.86. The SMILES string of the molecule is CCN(c1ccccc1)S(=O)(=O)c1ccc(C(=O)Nc2ccc(C)c(F)c2)cc1. The van der Waals surface area contributed by atoms with E-state index >= 15 is 0 Å². The molecule has 0 saturated carbocycles. The highest BCUT2D eigenvalue weighted by molar-refractivity contribution is 7.92. The van der Waals surface area contributed by atoms with E-state index in [1.807, 2.05) is 6.07 Å². The van der Waals surface area contributed by atoms with E-state index in [2.05, 4.69) is 5.32 Å². The summed E-state index contributed by atoms with van der Waals surface area (Å²) in [4.78, 5) is 12.5. The molecule has 3 rings (SSSR count). The van der Waals surface area contributed by atoms with E-state index in [0.717, 1.165) is 0 Å². The van der Waals surface area contributed by atoms with E-state index in [1.54, 1.807) is 50.2 Å². The molecule has 0 atom stereocenters. The van der Waals surface area contributed by atoms with Crippen LogP contribution in [0, 0.1) is 12.7 Å². The molecule has 150 valence electrons. The number of para-hydroxylation sites is 1. The molecule has 0 heterocycles. The average molecular weight is 412 g/mol. The molecule has 1 N–H and O–H groups in total. The monoisotopic (exact) mass is 412 g/mol. The van der Waals surface area contributed by atoms with Crippen molar-refractivity contribution in [2.45, 2.75) is 18.7 Å². The molecular weight excluding hydrogens is 391 g/mol. The van der Waals surface area contributed by atoms with E-state index in [1.165, 1.54) is 34.6 Å². The first-order chi connectivity index (χ1) is 13.8. The van der Waals surface area contributed by atoms with Crippen LogP contribution in [0.5, 0.6) is 0 Å². The van der Waals surface area contributed by atoms with Crippen molar-refractivity contribution in [3.8, 4) is 0 Å². The number of nitrogens with zero attached hydrogens (tertiary/aromatic N) is 1. The minimum atomic E-state index is -3.76. The van der Waals surface area contributed by atoms with Gasteiger partial charge in [-0.1, -0.05) is 24.3 Å². The molecule has 0 saturated heterocycles. The van der Waals surface area contributed by atoms with Gasteiger partial charge >= 0.3 is 0 Å². The summed E-state index contributed by atoms with van der Waals surface area (Å²) < 4.78 is 40.9. The lowest BCUT2D eigenvalue weighted by Gasteiger charge is -2.23. The van der Waals surface area contributed by atoms with Crippen LogP contribution in [0.15, 0.2) is 77.7 Å². The Bertz CT molecular complexity index is 1110. The Morgan fingerprint density at radius 2 is 1.66 bits per heavy atom. The van der Waals surface area contributed by atoms with Gasteiger partial charge in [-0.15, -0.1) is 0 Å². The Kier molecular flexibility index (Phi) is 5.98. The molecule has 0 aliphatic carbocycles. The van der Waals surface area contributed by atoms with Crippen LogP contribution < -0.4 is 9.62 Å². The van der Waals surface area contributed by atoms with Gasteiger partial charge in [-0.05, 0) is 67.9 Å². The Hall–Kier alpha value is -3.19. The van der Waals surface area contributed by atoms with E-state index in [-0.39, 0.29) is 17.0 Å². The molecule has 1 amide bonds. The number of halogens is 1. The molecule has 0 aromatic heterocycles. The third kappa shape index (κ3) is 4.46. The van der Waals surface area contributed by atoms with Gasteiger partial charge in [0.15, 0.2) is 0 Å². The largest absolute Gasteiger partial charge is 0.322 e. The van der Waals surface area contributed by atoms with E-state index in [4.69, 9.17) is 0 Å². The lowest BCUT2D eigenvalue weighted by molar-refractivity contribution is 0.102. The zero-order chi connectivity index (χ0) is 21.0. The number of anilines is 2. The van der Waals surface area contributed by atoms with Crippen LogP contribution in [0.1, 0.15) is 22.8 Å². The number of nitrogens with one attached hydrogen (secondary N) is 1. The fourth-order valence-corrected chi connectivity index (χ4v) is 4.34. The first-order valence-corrected chi connectivity index (χ1v) is 10.5. The predicted molar refractivity (Wildman–Crippen MR) is 112 cm³/mol. The highest BCUT2D eigenvalue weighted by atomic mass is 32.2. The van der Waals surface area contributed by atoms with E-state index < -0.39 is 21.7 Å². The van der Waals surface area contributed by atoms with Gasteiger partial charge in [0.05, 0.1) is 10.6 Å². The molecular formula is C22H21FN2O3S. The van der Waals surface area contributed by atoms with Crippen molar-refractivity contribution in [3.63, 3.8) is 0 Å². The van der Waals surface area contributed by atoms with Gasteiger partial charge in [-0.3, -0.25) is 9.10 Å². The highest BCUT2D eigenvalue weighted by Gasteiger charge is 2.23. The molecule has 3 aromatic rings. The Labute approximate surface area is 169 Å². The van der Waals surface area contributed by atoms with Crippen LogP contribution in [-0.4, -0.2) is 20.9 Å². The number of benzene rings is 3. The first-order valence-electron chi connectivity index (χ1n) is 9.08. The number of carbonyl (C=O) groups excluding carboxylic acids is 1. The average Bonchev–Trinajstić information content (AvgIpc) is 2.72. The number of aryl methyl sites for hydroxylation is 1. The molecule has 5 nitrogen and oxygen atoms in total. The molecule has 0 fully saturated rings. The van der Waals surface area contributed by atoms with Crippen molar-refractivity contribution in [1.29, 1.82) is 0 Å². The number of hydrogen-bond acceptors (Lipinski definition) is 3. The van der Waals surface area contributed by atoms with Gasteiger partial charge in [0.2, 0.25) is 0 Å². The van der Waals surface area contributed by atoms with Crippen LogP contribution in [0.4, 0.5) is 15.8 Å². The van der Waals surface area contributed by atoms with E-state index in [9.17, 15) is 17.6 Å². The normalized spacial score (nSPS) is 11.1. The van der Waals surface area contributed by atoms with Gasteiger partial charge in [-0.25, -0.2) is 12.8 Å². The molecule has 0 aliphatic rings. The van der Waals surface area contributed by atoms with Gasteiger partial charge in [0, 0.05) is 17.8 Å². The third-order valence-corrected chi connectivity index (χ3v) is 6.38. The number of sulfonamides is 1. The summed E-state index contributed by atoms with van der Waals surface area (Å²) in [6, 6.07) is 18.9. The molecule has 3 aromatic carbocycles. The first kappa shape index (κ1) is 20.5. The summed E-state index contributed by atoms with van der Waals surface area (Å²) >= 11 is 0. The lowest BCUT2D eigenvalue weighted by atomic mass is 10.2. The number of carbonyl (C=O) groups is 1. The summed E-state index contributed by atoms with van der Waals surface area (Å²) in [5.74, 6) is -0.864. The minimum absolute atomic E-state index is 0.0844. The maximum Gasteiger partial charge on any atom is 0.264 e. The minimum Gasteiger partial charge on any atom is -0.322 e. The predicted octanol–water partition coefficient (Wildman–Crippen LogP) is 4.60. The summed E-state index contributed by atoms with van der Waals surface area (Å²) in [6.45, 7) is 3.66. The Morgan fingerprint density at radius 1 is 1.00 bits per heavy atom. The van der Waals surface area contributed by atoms with Crippen LogP contribution in [0.25, 0.3) is 0 Å². The van der Waals surface area contributed by atoms with Crippen molar-refractivity contribution in [1.82, 2.24) is 0 Å². The third-order valence-electron chi connectivity index (χ3n) is 4.47. The maximum absolute atomic E-state index is 13.6. The van der Waals surface area contributed by atoms with Crippen molar-refractivity contribution in [2.24, 2.45) is 0 Å². The summed E-state index contributed by atoms with van der Waals surface area (Å²) in [7, 11) is -3.76. The van der Waals surface area contributed by atoms with Gasteiger partial charge in [0.25, 0.3) is 15.9 Å². The van der Waals surface area contributed by atoms with Crippen LogP contribution in [-0.2, 0) is 10.0 Å². The Balaban J connectivity index is 1.81. The second-order valence-corrected chi connectivity index (χ2v) is 8.31. The molecule has 0 radical (unpaired) electrons. The number of amides is 1. The number of hydrogen-bond donors (Lipinski definition) is 1. The van der Waals surface area contributed by atoms with Gasteiger partial charge < -0.3 is 5.32 Å². The fraction of sp³-hybridized carbons (Fsp3) is 0.136. The van der Waals surface area contributed by atoms with E-state index in [0.29, 0.717) is 16.9 Å². The quantitative estimate of drug-likeness (QED) is 0.643. The van der Waals surface area contributed by atoms with Gasteiger partial charge in [0.1, 0.15) is 5.82 Å². The van der Waals surface area contributed by atoms with Crippen molar-refractivity contribution in [3.05, 3.63) is 89.7 Å². The summed E-state index contributed by atoms with van der Waals surface area (Å²) in [5.41, 5.74) is 1.65. The standard InChI is InChI=1S/C22H21FN2O3S/c1-3-25(19-7-5-4-6-8-19)29(27,28)20-13-10-17(11-14-20)22(26)24-18-12-9-16(2)21(23)15-18/h4-15H,3H2,1-2H3,(H,24,26). The second-order valence-electron chi connectivity index (χ2n) is 6.45. The summed E-state index contributed by atoms with van der Waals surface area (Å²) in [6.07, 6.45) is 0.